The molecule has 2 rings (SSSR count). The molecule has 0 spiro atoms. The zero-order valence-corrected chi connectivity index (χ0v) is 19.7. The Bertz CT molecular complexity index is 645. The van der Waals surface area contributed by atoms with E-state index in [9.17, 15) is 0 Å². The number of benzene rings is 2. The van der Waals surface area contributed by atoms with E-state index in [1.807, 2.05) is 48.6 Å². The molecule has 0 saturated heterocycles. The Labute approximate surface area is 190 Å². The van der Waals surface area contributed by atoms with E-state index < -0.39 is 0 Å². The van der Waals surface area contributed by atoms with Crippen molar-refractivity contribution in [1.82, 2.24) is 0 Å². The van der Waals surface area contributed by atoms with E-state index in [-0.39, 0.29) is 59.6 Å². The quantitative estimate of drug-likeness (QED) is 0.670. The van der Waals surface area contributed by atoms with Crippen molar-refractivity contribution in [3.63, 3.8) is 0 Å². The smallest absolute Gasteiger partial charge is 1.00 e. The number of halogens is 1. The fourth-order valence-electron chi connectivity index (χ4n) is 1.94. The largest absolute Gasteiger partial charge is 1.00 e. The molecule has 0 N–H and O–H groups in total. The molecule has 22 heavy (non-hydrogen) atoms. The normalized spacial score (nSPS) is 10.2. The average Bonchev–Trinajstić information content (AvgIpc) is 2.52. The van der Waals surface area contributed by atoms with Crippen LogP contribution in [0.1, 0.15) is 12.6 Å². The summed E-state index contributed by atoms with van der Waals surface area (Å²) in [4.78, 5) is 0. The van der Waals surface area contributed by atoms with Gasteiger partial charge in [0.1, 0.15) is 5.75 Å². The molecule has 112 valence electrons. The summed E-state index contributed by atoms with van der Waals surface area (Å²) in [6.07, 6.45) is 4.06. The van der Waals surface area contributed by atoms with E-state index in [4.69, 9.17) is 14.2 Å². The van der Waals surface area contributed by atoms with Crippen LogP contribution in [0.15, 0.2) is 40.9 Å². The van der Waals surface area contributed by atoms with Crippen LogP contribution >= 0.6 is 15.9 Å². The van der Waals surface area contributed by atoms with Gasteiger partial charge in [0.05, 0.1) is 25.8 Å². The summed E-state index contributed by atoms with van der Waals surface area (Å²) in [7, 11) is 4.91. The van der Waals surface area contributed by atoms with Gasteiger partial charge >= 0.3 is 58.2 Å². The van der Waals surface area contributed by atoms with Gasteiger partial charge in [0.2, 0.25) is 0 Å². The van der Waals surface area contributed by atoms with Crippen molar-refractivity contribution in [2.45, 2.75) is 0 Å². The van der Waals surface area contributed by atoms with Crippen molar-refractivity contribution in [1.29, 1.82) is 0 Å². The minimum Gasteiger partial charge on any atom is -1.00 e. The van der Waals surface area contributed by atoms with E-state index in [1.165, 1.54) is 0 Å². The maximum Gasteiger partial charge on any atom is 1.00 e. The molecule has 2 aromatic carbocycles. The molecule has 2 aromatic rings. The van der Waals surface area contributed by atoms with Crippen molar-refractivity contribution in [2.24, 2.45) is 0 Å². The van der Waals surface area contributed by atoms with Gasteiger partial charge in [-0.2, -0.15) is 0 Å². The van der Waals surface area contributed by atoms with Crippen LogP contribution in [0.25, 0.3) is 12.2 Å². The van der Waals surface area contributed by atoms with Crippen molar-refractivity contribution in [3.8, 4) is 17.2 Å². The summed E-state index contributed by atoms with van der Waals surface area (Å²) in [5.74, 6) is 2.24. The van der Waals surface area contributed by atoms with E-state index in [0.717, 1.165) is 21.3 Å². The molecule has 0 aliphatic rings. The van der Waals surface area contributed by atoms with Crippen LogP contribution in [0.5, 0.6) is 17.2 Å². The second-order valence-corrected chi connectivity index (χ2v) is 5.20. The third-order valence-electron chi connectivity index (χ3n) is 3.04. The minimum absolute atomic E-state index is 0. The molecule has 3 nitrogen and oxygen atoms in total. The first-order valence-corrected chi connectivity index (χ1v) is 7.21. The van der Waals surface area contributed by atoms with Gasteiger partial charge in [-0.1, -0.05) is 24.3 Å². The van der Waals surface area contributed by atoms with Gasteiger partial charge in [-0.15, -0.1) is 0 Å². The zero-order valence-electron chi connectivity index (χ0n) is 14.2. The van der Waals surface area contributed by atoms with Gasteiger partial charge in [0, 0.05) is 0 Å². The van der Waals surface area contributed by atoms with E-state index in [2.05, 4.69) is 15.9 Å². The summed E-state index contributed by atoms with van der Waals surface area (Å²) in [5, 5.41) is 0. The van der Waals surface area contributed by atoms with E-state index in [0.29, 0.717) is 11.5 Å². The van der Waals surface area contributed by atoms with Gasteiger partial charge in [-0.05, 0) is 51.3 Å². The second-order valence-electron chi connectivity index (χ2n) is 4.34. The molecule has 0 bridgehead atoms. The van der Waals surface area contributed by atoms with Crippen LogP contribution in [0.4, 0.5) is 0 Å². The fourth-order valence-corrected chi connectivity index (χ4v) is 2.56. The first-order chi connectivity index (χ1) is 10.2. The zero-order chi connectivity index (χ0) is 15.2. The Morgan fingerprint density at radius 3 is 2.05 bits per heavy atom. The van der Waals surface area contributed by atoms with Crippen molar-refractivity contribution >= 4 is 28.1 Å². The molecule has 0 heterocycles. The molecule has 0 amide bonds. The Hall–Kier alpha value is -0.135. The molecular weight excluding hydrogens is 418 g/mol. The number of hydrogen-bond acceptors (Lipinski definition) is 3. The number of hydrogen-bond donors (Lipinski definition) is 0. The maximum absolute atomic E-state index is 5.33. The van der Waals surface area contributed by atoms with E-state index >= 15 is 0 Å². The molecule has 0 fully saturated rings. The summed E-state index contributed by atoms with van der Waals surface area (Å²) in [5.41, 5.74) is 2.12. The standard InChI is InChI=1S/C17H17BrO3.Rb.H/c1-19-14-8-6-12(7-9-14)4-5-13-10-15(18)17(21-3)16(11-13)20-2;;/h4-11H,1-3H3;;/q;+1;-1/b5-4-;;. The summed E-state index contributed by atoms with van der Waals surface area (Å²) >= 11 is 3.49. The van der Waals surface area contributed by atoms with Crippen LogP contribution in [0, 0.1) is 0 Å². The molecule has 0 aliphatic heterocycles. The minimum atomic E-state index is 0. The van der Waals surface area contributed by atoms with Crippen LogP contribution in [-0.4, -0.2) is 21.3 Å². The second kappa shape index (κ2) is 9.88. The molecule has 0 radical (unpaired) electrons. The van der Waals surface area contributed by atoms with Crippen molar-refractivity contribution in [3.05, 3.63) is 52.0 Å². The van der Waals surface area contributed by atoms with Crippen LogP contribution in [0.3, 0.4) is 0 Å². The predicted octanol–water partition coefficient (Wildman–Crippen LogP) is 1.76. The van der Waals surface area contributed by atoms with Crippen LogP contribution in [0.2, 0.25) is 0 Å². The maximum atomic E-state index is 5.33. The molecule has 0 saturated carbocycles. The molecule has 0 atom stereocenters. The summed E-state index contributed by atoms with van der Waals surface area (Å²) in [6, 6.07) is 11.8. The van der Waals surface area contributed by atoms with Gasteiger partial charge in [-0.25, -0.2) is 0 Å². The Morgan fingerprint density at radius 1 is 0.864 bits per heavy atom. The topological polar surface area (TPSA) is 27.7 Å². The number of methoxy groups -OCH3 is 3. The molecule has 0 unspecified atom stereocenters. The Balaban J connectivity index is 0.00000242. The molecule has 0 aliphatic carbocycles. The monoisotopic (exact) mass is 434 g/mol. The van der Waals surface area contributed by atoms with Gasteiger partial charge in [-0.3, -0.25) is 0 Å². The molecule has 0 aromatic heterocycles. The SMILES string of the molecule is COc1ccc(/C=C\c2cc(Br)c(OC)c(OC)c2)cc1.[H-].[Rb+]. The molecule has 5 heteroatoms. The predicted molar refractivity (Wildman–Crippen MR) is 90.3 cm³/mol. The average molecular weight is 436 g/mol. The first kappa shape index (κ1) is 19.9. The number of ether oxygens (including phenoxy) is 3. The summed E-state index contributed by atoms with van der Waals surface area (Å²) < 4.78 is 16.6. The number of rotatable bonds is 5. The van der Waals surface area contributed by atoms with Gasteiger partial charge in [0.15, 0.2) is 11.5 Å². The third kappa shape index (κ3) is 5.20. The van der Waals surface area contributed by atoms with Crippen LogP contribution < -0.4 is 72.4 Å². The Kier molecular flexibility index (Phi) is 8.94. The van der Waals surface area contributed by atoms with Crippen molar-refractivity contribution < 1.29 is 73.8 Å². The van der Waals surface area contributed by atoms with E-state index in [1.54, 1.807) is 21.3 Å². The summed E-state index contributed by atoms with van der Waals surface area (Å²) in [6.45, 7) is 0. The molecular formula is C17H18BrO3Rb. The van der Waals surface area contributed by atoms with Gasteiger partial charge in [0.25, 0.3) is 0 Å². The van der Waals surface area contributed by atoms with Gasteiger partial charge < -0.3 is 15.6 Å². The Morgan fingerprint density at radius 2 is 1.50 bits per heavy atom. The van der Waals surface area contributed by atoms with Crippen molar-refractivity contribution in [2.75, 3.05) is 21.3 Å². The third-order valence-corrected chi connectivity index (χ3v) is 3.63. The fraction of sp³-hybridized carbons (Fsp3) is 0.176. The van der Waals surface area contributed by atoms with Crippen LogP contribution in [-0.2, 0) is 0 Å². The first-order valence-electron chi connectivity index (χ1n) is 6.41.